The number of aromatic nitrogens is 1. The van der Waals surface area contributed by atoms with Gasteiger partial charge in [-0.2, -0.15) is 0 Å². The number of rotatable bonds is 6. The average molecular weight is 464 g/mol. The second-order valence-corrected chi connectivity index (χ2v) is 7.79. The van der Waals surface area contributed by atoms with Gasteiger partial charge in [-0.25, -0.2) is 0 Å². The summed E-state index contributed by atoms with van der Waals surface area (Å²) in [5, 5.41) is 0.932. The summed E-state index contributed by atoms with van der Waals surface area (Å²) in [6, 6.07) is 3.36. The van der Waals surface area contributed by atoms with Gasteiger partial charge in [-0.15, -0.1) is 0 Å². The summed E-state index contributed by atoms with van der Waals surface area (Å²) in [5.41, 5.74) is 6.83. The average Bonchev–Trinajstić information content (AvgIpc) is 3.16. The number of nitrogens with zero attached hydrogens (tertiary/aromatic N) is 2. The zero-order valence-corrected chi connectivity index (χ0v) is 18.1. The fourth-order valence-electron chi connectivity index (χ4n) is 3.70. The third-order valence-electron chi connectivity index (χ3n) is 5.12. The van der Waals surface area contributed by atoms with E-state index < -0.39 is 5.91 Å². The van der Waals surface area contributed by atoms with Gasteiger partial charge in [0.2, 0.25) is 5.76 Å². The largest absolute Gasteiger partial charge is 0.493 e. The molecule has 0 radical (unpaired) electrons. The summed E-state index contributed by atoms with van der Waals surface area (Å²) >= 11 is 12.8. The maximum absolute atomic E-state index is 13.4. The predicted molar refractivity (Wildman–Crippen MR) is 116 cm³/mol. The van der Waals surface area contributed by atoms with Crippen molar-refractivity contribution in [3.8, 4) is 16.9 Å². The maximum Gasteiger partial charge on any atom is 0.285 e. The van der Waals surface area contributed by atoms with Crippen molar-refractivity contribution in [3.05, 3.63) is 45.9 Å². The number of benzene rings is 1. The molecule has 0 saturated carbocycles. The van der Waals surface area contributed by atoms with Crippen LogP contribution in [-0.2, 0) is 4.74 Å². The maximum atomic E-state index is 13.4. The third kappa shape index (κ3) is 3.99. The van der Waals surface area contributed by atoms with E-state index >= 15 is 0 Å². The lowest BCUT2D eigenvalue weighted by atomic mass is 9.96. The SMILES string of the molecule is COc1ccc(-c2c(Cl)cncc2Cl)c2c(C(=O)CN3CCOCC3)c(C(N)=O)oc12. The smallest absolute Gasteiger partial charge is 0.285 e. The van der Waals surface area contributed by atoms with E-state index in [2.05, 4.69) is 4.98 Å². The lowest BCUT2D eigenvalue weighted by Gasteiger charge is -2.25. The van der Waals surface area contributed by atoms with Gasteiger partial charge >= 0.3 is 0 Å². The molecule has 2 aromatic heterocycles. The van der Waals surface area contributed by atoms with Gasteiger partial charge in [0.1, 0.15) is 0 Å². The first-order valence-corrected chi connectivity index (χ1v) is 10.2. The molecule has 0 bridgehead atoms. The number of methoxy groups -OCH3 is 1. The van der Waals surface area contributed by atoms with Crippen LogP contribution in [0.25, 0.3) is 22.1 Å². The van der Waals surface area contributed by atoms with Crippen molar-refractivity contribution in [3.63, 3.8) is 0 Å². The van der Waals surface area contributed by atoms with Crippen LogP contribution in [0.5, 0.6) is 5.75 Å². The zero-order valence-electron chi connectivity index (χ0n) is 16.6. The van der Waals surface area contributed by atoms with Crippen molar-refractivity contribution in [2.75, 3.05) is 40.0 Å². The van der Waals surface area contributed by atoms with Gasteiger partial charge in [0.15, 0.2) is 17.1 Å². The molecular formula is C21H19Cl2N3O5. The number of ketones is 1. The van der Waals surface area contributed by atoms with E-state index in [4.69, 9.17) is 42.8 Å². The van der Waals surface area contributed by atoms with Gasteiger partial charge in [-0.1, -0.05) is 23.2 Å². The number of fused-ring (bicyclic) bond motifs is 1. The van der Waals surface area contributed by atoms with Crippen molar-refractivity contribution >= 4 is 45.9 Å². The molecule has 1 amide bonds. The molecule has 0 spiro atoms. The molecular weight excluding hydrogens is 445 g/mol. The van der Waals surface area contributed by atoms with Gasteiger partial charge in [-0.05, 0) is 17.7 Å². The molecule has 3 heterocycles. The van der Waals surface area contributed by atoms with E-state index in [0.29, 0.717) is 48.6 Å². The fraction of sp³-hybridized carbons (Fsp3) is 0.286. The Morgan fingerprint density at radius 3 is 2.48 bits per heavy atom. The van der Waals surface area contributed by atoms with Crippen LogP contribution in [0.2, 0.25) is 10.0 Å². The number of morpholine rings is 1. The summed E-state index contributed by atoms with van der Waals surface area (Å²) in [4.78, 5) is 31.5. The van der Waals surface area contributed by atoms with Gasteiger partial charge in [0.05, 0.1) is 42.5 Å². The number of halogens is 2. The Bertz CT molecular complexity index is 1150. The molecule has 1 aliphatic rings. The standard InChI is InChI=1S/C21H19Cl2N3O5/c1-29-15-3-2-11(16-12(22)8-25-9-13(16)23)17-18(20(21(24)28)31-19(15)17)14(27)10-26-4-6-30-7-5-26/h2-3,8-9H,4-7,10H2,1H3,(H2,24,28). The van der Waals surface area contributed by atoms with Crippen molar-refractivity contribution in [2.45, 2.75) is 0 Å². The van der Waals surface area contributed by atoms with Crippen LogP contribution in [0.1, 0.15) is 20.9 Å². The third-order valence-corrected chi connectivity index (χ3v) is 5.69. The number of hydrogen-bond donors (Lipinski definition) is 1. The van der Waals surface area contributed by atoms with Crippen LogP contribution >= 0.6 is 23.2 Å². The first kappa shape index (κ1) is 21.6. The molecule has 3 aromatic rings. The summed E-state index contributed by atoms with van der Waals surface area (Å²) in [6.07, 6.45) is 2.90. The second kappa shape index (κ2) is 8.84. The highest BCUT2D eigenvalue weighted by atomic mass is 35.5. The molecule has 1 aliphatic heterocycles. The first-order chi connectivity index (χ1) is 14.9. The Hall–Kier alpha value is -2.65. The Balaban J connectivity index is 1.98. The minimum atomic E-state index is -0.860. The number of hydrogen-bond acceptors (Lipinski definition) is 7. The molecule has 1 fully saturated rings. The first-order valence-electron chi connectivity index (χ1n) is 9.48. The topological polar surface area (TPSA) is 108 Å². The monoisotopic (exact) mass is 463 g/mol. The summed E-state index contributed by atoms with van der Waals surface area (Å²) in [7, 11) is 1.46. The van der Waals surface area contributed by atoms with Crippen LogP contribution < -0.4 is 10.5 Å². The van der Waals surface area contributed by atoms with Crippen molar-refractivity contribution in [1.29, 1.82) is 0 Å². The number of amides is 1. The molecule has 162 valence electrons. The quantitative estimate of drug-likeness (QED) is 0.557. The normalized spacial score (nSPS) is 14.7. The Kier molecular flexibility index (Phi) is 6.15. The minimum absolute atomic E-state index is 0.0758. The van der Waals surface area contributed by atoms with Crippen LogP contribution in [-0.4, -0.2) is 61.5 Å². The number of carbonyl (C=O) groups excluding carboxylic acids is 2. The lowest BCUT2D eigenvalue weighted by Crippen LogP contribution is -2.39. The van der Waals surface area contributed by atoms with Gasteiger partial charge in [0, 0.05) is 36.4 Å². The Labute approximate surface area is 187 Å². The van der Waals surface area contributed by atoms with E-state index in [1.807, 2.05) is 4.90 Å². The second-order valence-electron chi connectivity index (χ2n) is 6.98. The van der Waals surface area contributed by atoms with E-state index in [1.165, 1.54) is 19.5 Å². The molecule has 0 atom stereocenters. The molecule has 4 rings (SSSR count). The van der Waals surface area contributed by atoms with E-state index in [-0.39, 0.29) is 39.3 Å². The highest BCUT2D eigenvalue weighted by Gasteiger charge is 2.30. The molecule has 1 saturated heterocycles. The summed E-state index contributed by atoms with van der Waals surface area (Å²) < 4.78 is 16.5. The van der Waals surface area contributed by atoms with Gasteiger partial charge in [-0.3, -0.25) is 19.5 Å². The zero-order chi connectivity index (χ0) is 22.1. The lowest BCUT2D eigenvalue weighted by molar-refractivity contribution is 0.0371. The van der Waals surface area contributed by atoms with Crippen LogP contribution in [0.4, 0.5) is 0 Å². The van der Waals surface area contributed by atoms with Crippen molar-refractivity contribution in [2.24, 2.45) is 5.73 Å². The summed E-state index contributed by atoms with van der Waals surface area (Å²) in [6.45, 7) is 2.34. The van der Waals surface area contributed by atoms with Crippen LogP contribution in [0.15, 0.2) is 28.9 Å². The summed E-state index contributed by atoms with van der Waals surface area (Å²) in [5.74, 6) is -1.07. The number of furan rings is 1. The van der Waals surface area contributed by atoms with E-state index in [1.54, 1.807) is 12.1 Å². The highest BCUT2D eigenvalue weighted by molar-refractivity contribution is 6.39. The fourth-order valence-corrected chi connectivity index (χ4v) is 4.27. The Morgan fingerprint density at radius 2 is 1.87 bits per heavy atom. The number of pyridine rings is 1. The van der Waals surface area contributed by atoms with Crippen LogP contribution in [0.3, 0.4) is 0 Å². The predicted octanol–water partition coefficient (Wildman–Crippen LogP) is 3.42. The highest BCUT2D eigenvalue weighted by Crippen LogP contribution is 2.44. The minimum Gasteiger partial charge on any atom is -0.493 e. The number of Topliss-reactive ketones (excluding diaryl/α,β-unsaturated/α-hetero) is 1. The van der Waals surface area contributed by atoms with Gasteiger partial charge < -0.3 is 19.6 Å². The molecule has 1 aromatic carbocycles. The molecule has 31 heavy (non-hydrogen) atoms. The molecule has 8 nitrogen and oxygen atoms in total. The van der Waals surface area contributed by atoms with Crippen molar-refractivity contribution < 1.29 is 23.5 Å². The molecule has 0 unspecified atom stereocenters. The number of carbonyl (C=O) groups is 2. The van der Waals surface area contributed by atoms with E-state index in [0.717, 1.165) is 0 Å². The molecule has 0 aliphatic carbocycles. The molecule has 2 N–H and O–H groups in total. The Morgan fingerprint density at radius 1 is 1.19 bits per heavy atom. The van der Waals surface area contributed by atoms with E-state index in [9.17, 15) is 9.59 Å². The number of nitrogens with two attached hydrogens (primary N) is 1. The number of primary amides is 1. The van der Waals surface area contributed by atoms with Gasteiger partial charge in [0.25, 0.3) is 5.91 Å². The van der Waals surface area contributed by atoms with Crippen LogP contribution in [0, 0.1) is 0 Å². The number of ether oxygens (including phenoxy) is 2. The molecule has 10 heteroatoms. The van der Waals surface area contributed by atoms with Crippen molar-refractivity contribution in [1.82, 2.24) is 9.88 Å².